The third kappa shape index (κ3) is 3.28. The third-order valence-electron chi connectivity index (χ3n) is 2.98. The van der Waals surface area contributed by atoms with Gasteiger partial charge in [0.15, 0.2) is 0 Å². The summed E-state index contributed by atoms with van der Waals surface area (Å²) in [6, 6.07) is 0. The number of anilines is 1. The average molecular weight is 268 g/mol. The van der Waals surface area contributed by atoms with Crippen LogP contribution >= 0.6 is 0 Å². The largest absolute Gasteiger partial charge is 0.476 e. The number of nitrogens with one attached hydrogen (secondary N) is 1. The molecule has 0 bridgehead atoms. The summed E-state index contributed by atoms with van der Waals surface area (Å²) in [4.78, 5) is 18.1. The van der Waals surface area contributed by atoms with Gasteiger partial charge in [0.25, 0.3) is 5.88 Å². The van der Waals surface area contributed by atoms with E-state index in [-0.39, 0.29) is 17.4 Å². The van der Waals surface area contributed by atoms with Crippen molar-refractivity contribution >= 4 is 11.5 Å². The monoisotopic (exact) mass is 268 g/mol. The zero-order chi connectivity index (χ0) is 13.7. The van der Waals surface area contributed by atoms with Crippen LogP contribution in [0.25, 0.3) is 0 Å². The molecule has 1 atom stereocenters. The van der Waals surface area contributed by atoms with Gasteiger partial charge in [0.2, 0.25) is 5.82 Å². The second kappa shape index (κ2) is 6.28. The van der Waals surface area contributed by atoms with Crippen LogP contribution in [0.15, 0.2) is 6.33 Å². The van der Waals surface area contributed by atoms with E-state index in [1.807, 2.05) is 0 Å². The van der Waals surface area contributed by atoms with E-state index in [1.54, 1.807) is 0 Å². The minimum absolute atomic E-state index is 0.0394. The smallest absolute Gasteiger partial charge is 0.372 e. The second-order valence-electron chi connectivity index (χ2n) is 4.30. The molecule has 2 rings (SSSR count). The zero-order valence-corrected chi connectivity index (χ0v) is 10.7. The van der Waals surface area contributed by atoms with Gasteiger partial charge >= 0.3 is 5.69 Å². The predicted molar refractivity (Wildman–Crippen MR) is 67.3 cm³/mol. The molecule has 19 heavy (non-hydrogen) atoms. The van der Waals surface area contributed by atoms with Crippen LogP contribution in [-0.4, -0.2) is 41.8 Å². The maximum atomic E-state index is 11.0. The van der Waals surface area contributed by atoms with Crippen molar-refractivity contribution in [3.63, 3.8) is 0 Å². The Bertz CT molecular complexity index is 448. The summed E-state index contributed by atoms with van der Waals surface area (Å²) in [6.07, 6.45) is 3.30. The van der Waals surface area contributed by atoms with E-state index >= 15 is 0 Å². The fourth-order valence-electron chi connectivity index (χ4n) is 2.02. The van der Waals surface area contributed by atoms with Crippen molar-refractivity contribution in [1.82, 2.24) is 9.97 Å². The first-order valence-electron chi connectivity index (χ1n) is 6.07. The van der Waals surface area contributed by atoms with Gasteiger partial charge in [-0.15, -0.1) is 0 Å². The maximum absolute atomic E-state index is 11.0. The maximum Gasteiger partial charge on any atom is 0.372 e. The van der Waals surface area contributed by atoms with Gasteiger partial charge in [0, 0.05) is 13.2 Å². The van der Waals surface area contributed by atoms with Crippen LogP contribution in [0.4, 0.5) is 11.5 Å². The number of hydrogen-bond donors (Lipinski definition) is 1. The molecule has 1 aliphatic heterocycles. The van der Waals surface area contributed by atoms with Crippen molar-refractivity contribution in [2.45, 2.75) is 12.8 Å². The molecular weight excluding hydrogens is 252 g/mol. The molecule has 0 aliphatic carbocycles. The Hall–Kier alpha value is -1.96. The van der Waals surface area contributed by atoms with Gasteiger partial charge in [-0.05, 0) is 18.8 Å². The molecule has 1 saturated heterocycles. The molecule has 8 heteroatoms. The van der Waals surface area contributed by atoms with Crippen LogP contribution < -0.4 is 10.1 Å². The molecule has 2 heterocycles. The van der Waals surface area contributed by atoms with E-state index in [0.717, 1.165) is 19.4 Å². The number of ether oxygens (including phenoxy) is 2. The highest BCUT2D eigenvalue weighted by Gasteiger charge is 2.24. The second-order valence-corrected chi connectivity index (χ2v) is 4.30. The van der Waals surface area contributed by atoms with Crippen LogP contribution in [0.1, 0.15) is 12.8 Å². The van der Waals surface area contributed by atoms with Crippen LogP contribution in [-0.2, 0) is 4.74 Å². The van der Waals surface area contributed by atoms with Gasteiger partial charge in [-0.1, -0.05) is 0 Å². The normalized spacial score (nSPS) is 18.9. The molecule has 0 saturated carbocycles. The summed E-state index contributed by atoms with van der Waals surface area (Å²) in [5.41, 5.74) is -0.235. The Kier molecular flexibility index (Phi) is 4.45. The zero-order valence-electron chi connectivity index (χ0n) is 10.7. The van der Waals surface area contributed by atoms with Gasteiger partial charge in [-0.2, -0.15) is 4.98 Å². The van der Waals surface area contributed by atoms with Gasteiger partial charge in [0.05, 0.1) is 18.6 Å². The van der Waals surface area contributed by atoms with Crippen molar-refractivity contribution < 1.29 is 14.4 Å². The molecular formula is C11H16N4O4. The van der Waals surface area contributed by atoms with E-state index in [2.05, 4.69) is 15.3 Å². The molecule has 0 spiro atoms. The first kappa shape index (κ1) is 13.5. The predicted octanol–water partition coefficient (Wildman–Crippen LogP) is 1.23. The van der Waals surface area contributed by atoms with E-state index < -0.39 is 4.92 Å². The van der Waals surface area contributed by atoms with Crippen molar-refractivity contribution in [3.8, 4) is 5.88 Å². The van der Waals surface area contributed by atoms with E-state index in [0.29, 0.717) is 19.1 Å². The van der Waals surface area contributed by atoms with Gasteiger partial charge in [0.1, 0.15) is 6.33 Å². The summed E-state index contributed by atoms with van der Waals surface area (Å²) < 4.78 is 10.2. The SMILES string of the molecule is COc1ncnc(NCC2CCCOC2)c1[N+](=O)[O-]. The molecule has 0 radical (unpaired) electrons. The summed E-state index contributed by atoms with van der Waals surface area (Å²) in [7, 11) is 1.34. The summed E-state index contributed by atoms with van der Waals surface area (Å²) >= 11 is 0. The first-order valence-corrected chi connectivity index (χ1v) is 6.07. The minimum Gasteiger partial charge on any atom is -0.476 e. The molecule has 1 fully saturated rings. The van der Waals surface area contributed by atoms with Crippen molar-refractivity contribution in [2.24, 2.45) is 5.92 Å². The number of nitro groups is 1. The number of rotatable bonds is 5. The molecule has 1 aromatic heterocycles. The number of methoxy groups -OCH3 is 1. The van der Waals surface area contributed by atoms with Gasteiger partial charge < -0.3 is 14.8 Å². The fourth-order valence-corrected chi connectivity index (χ4v) is 2.02. The lowest BCUT2D eigenvalue weighted by Gasteiger charge is -2.22. The molecule has 8 nitrogen and oxygen atoms in total. The highest BCUT2D eigenvalue weighted by molar-refractivity contribution is 5.61. The van der Waals surface area contributed by atoms with E-state index in [1.165, 1.54) is 13.4 Å². The molecule has 1 N–H and O–H groups in total. The molecule has 1 aromatic rings. The Morgan fingerprint density at radius 1 is 1.63 bits per heavy atom. The highest BCUT2D eigenvalue weighted by atomic mass is 16.6. The van der Waals surface area contributed by atoms with Crippen LogP contribution in [0, 0.1) is 16.0 Å². The Labute approximate surface area is 110 Å². The van der Waals surface area contributed by atoms with Crippen molar-refractivity contribution in [1.29, 1.82) is 0 Å². The number of nitrogens with zero attached hydrogens (tertiary/aromatic N) is 3. The summed E-state index contributed by atoms with van der Waals surface area (Å²) in [5, 5.41) is 14.0. The van der Waals surface area contributed by atoms with Crippen molar-refractivity contribution in [2.75, 3.05) is 32.2 Å². The van der Waals surface area contributed by atoms with Crippen LogP contribution in [0.2, 0.25) is 0 Å². The molecule has 0 aromatic carbocycles. The van der Waals surface area contributed by atoms with Gasteiger partial charge in [-0.3, -0.25) is 10.1 Å². The molecule has 104 valence electrons. The topological polar surface area (TPSA) is 99.4 Å². The Morgan fingerprint density at radius 2 is 2.47 bits per heavy atom. The average Bonchev–Trinajstić information content (AvgIpc) is 2.45. The standard InChI is InChI=1S/C11H16N4O4/c1-18-11-9(15(16)17)10(13-7-14-11)12-5-8-3-2-4-19-6-8/h7-8H,2-6H2,1H3,(H,12,13,14). The third-order valence-corrected chi connectivity index (χ3v) is 2.98. The van der Waals surface area contributed by atoms with Gasteiger partial charge in [-0.25, -0.2) is 4.98 Å². The fraction of sp³-hybridized carbons (Fsp3) is 0.636. The lowest BCUT2D eigenvalue weighted by atomic mass is 10.0. The number of aromatic nitrogens is 2. The minimum atomic E-state index is -0.543. The van der Waals surface area contributed by atoms with Crippen molar-refractivity contribution in [3.05, 3.63) is 16.4 Å². The molecule has 1 aliphatic rings. The molecule has 0 amide bonds. The lowest BCUT2D eigenvalue weighted by Crippen LogP contribution is -2.25. The molecule has 1 unspecified atom stereocenters. The summed E-state index contributed by atoms with van der Waals surface area (Å²) in [6.45, 7) is 2.04. The quantitative estimate of drug-likeness (QED) is 0.633. The first-order chi connectivity index (χ1) is 9.22. The lowest BCUT2D eigenvalue weighted by molar-refractivity contribution is -0.385. The van der Waals surface area contributed by atoms with E-state index in [4.69, 9.17) is 9.47 Å². The van der Waals surface area contributed by atoms with E-state index in [9.17, 15) is 10.1 Å². The Morgan fingerprint density at radius 3 is 3.11 bits per heavy atom. The van der Waals surface area contributed by atoms with Crippen LogP contribution in [0.3, 0.4) is 0 Å². The Balaban J connectivity index is 2.08. The number of hydrogen-bond acceptors (Lipinski definition) is 7. The highest BCUT2D eigenvalue weighted by Crippen LogP contribution is 2.30. The summed E-state index contributed by atoms with van der Waals surface area (Å²) in [5.74, 6) is 0.485. The van der Waals surface area contributed by atoms with Crippen LogP contribution in [0.5, 0.6) is 5.88 Å².